The third-order valence-corrected chi connectivity index (χ3v) is 2.81. The smallest absolute Gasteiger partial charge is 0.373 e. The number of carbonyl (C=O) groups is 1. The van der Waals surface area contributed by atoms with Crippen LogP contribution in [0.4, 0.5) is 0 Å². The van der Waals surface area contributed by atoms with Gasteiger partial charge in [-0.1, -0.05) is 20.8 Å². The number of methoxy groups -OCH3 is 1. The first-order valence-corrected chi connectivity index (χ1v) is 6.13. The van der Waals surface area contributed by atoms with Crippen LogP contribution in [-0.4, -0.2) is 31.6 Å². The minimum absolute atomic E-state index is 0.127. The highest BCUT2D eigenvalue weighted by Gasteiger charge is 2.22. The summed E-state index contributed by atoms with van der Waals surface area (Å²) in [4.78, 5) is 13.5. The average molecular weight is 253 g/mol. The van der Waals surface area contributed by atoms with Crippen LogP contribution in [0.5, 0.6) is 0 Å². The van der Waals surface area contributed by atoms with Gasteiger partial charge in [-0.3, -0.25) is 4.90 Å². The van der Waals surface area contributed by atoms with Crippen LogP contribution in [0.25, 0.3) is 0 Å². The Labute approximate surface area is 109 Å². The lowest BCUT2D eigenvalue weighted by Crippen LogP contribution is -2.31. The molecule has 0 bridgehead atoms. The van der Waals surface area contributed by atoms with Crippen LogP contribution in [0, 0.1) is 5.41 Å². The lowest BCUT2D eigenvalue weighted by molar-refractivity contribution is 0.0558. The third-order valence-electron chi connectivity index (χ3n) is 2.81. The number of ether oxygens (including phenoxy) is 1. The Bertz CT molecular complexity index is 403. The van der Waals surface area contributed by atoms with E-state index in [2.05, 4.69) is 44.4 Å². The summed E-state index contributed by atoms with van der Waals surface area (Å²) in [5.74, 6) is 0.595. The normalized spacial score (nSPS) is 13.7. The van der Waals surface area contributed by atoms with Gasteiger partial charge in [0.2, 0.25) is 5.76 Å². The van der Waals surface area contributed by atoms with E-state index in [1.165, 1.54) is 7.11 Å². The van der Waals surface area contributed by atoms with E-state index in [1.54, 1.807) is 6.07 Å². The highest BCUT2D eigenvalue weighted by atomic mass is 16.5. The second-order valence-corrected chi connectivity index (χ2v) is 5.85. The van der Waals surface area contributed by atoms with E-state index >= 15 is 0 Å². The van der Waals surface area contributed by atoms with Gasteiger partial charge >= 0.3 is 5.97 Å². The summed E-state index contributed by atoms with van der Waals surface area (Å²) in [6.07, 6.45) is 0. The summed E-state index contributed by atoms with van der Waals surface area (Å²) in [7, 11) is 3.40. The van der Waals surface area contributed by atoms with Gasteiger partial charge in [-0.2, -0.15) is 0 Å². The van der Waals surface area contributed by atoms with Crippen LogP contribution in [0.2, 0.25) is 0 Å². The number of rotatable bonds is 4. The Morgan fingerprint density at radius 2 is 2.06 bits per heavy atom. The lowest BCUT2D eigenvalue weighted by atomic mass is 9.95. The summed E-state index contributed by atoms with van der Waals surface area (Å²) < 4.78 is 10.1. The van der Waals surface area contributed by atoms with Crippen molar-refractivity contribution in [2.24, 2.45) is 5.41 Å². The van der Waals surface area contributed by atoms with Crippen molar-refractivity contribution in [2.45, 2.75) is 33.7 Å². The first-order valence-electron chi connectivity index (χ1n) is 6.13. The van der Waals surface area contributed by atoms with Crippen molar-refractivity contribution in [3.8, 4) is 0 Å². The second kappa shape index (κ2) is 5.57. The third kappa shape index (κ3) is 3.88. The van der Waals surface area contributed by atoms with Crippen LogP contribution >= 0.6 is 0 Å². The van der Waals surface area contributed by atoms with Crippen molar-refractivity contribution in [1.82, 2.24) is 4.90 Å². The molecular formula is C14H23NO3. The zero-order valence-corrected chi connectivity index (χ0v) is 12.1. The molecule has 4 heteroatoms. The Balaban J connectivity index is 2.75. The summed E-state index contributed by atoms with van der Waals surface area (Å²) in [6, 6.07) is 3.61. The molecule has 1 aromatic rings. The minimum Gasteiger partial charge on any atom is -0.463 e. The van der Waals surface area contributed by atoms with E-state index in [0.29, 0.717) is 0 Å². The molecule has 0 amide bonds. The number of hydrogen-bond donors (Lipinski definition) is 0. The molecule has 1 unspecified atom stereocenters. The maximum absolute atomic E-state index is 11.3. The van der Waals surface area contributed by atoms with Gasteiger partial charge in [-0.05, 0) is 31.5 Å². The molecular weight excluding hydrogens is 230 g/mol. The molecule has 1 atom stereocenters. The first kappa shape index (κ1) is 14.8. The van der Waals surface area contributed by atoms with E-state index in [0.717, 1.165) is 12.3 Å². The van der Waals surface area contributed by atoms with Crippen molar-refractivity contribution in [3.63, 3.8) is 0 Å². The summed E-state index contributed by atoms with van der Waals surface area (Å²) in [5, 5.41) is 0. The molecule has 0 saturated heterocycles. The Hall–Kier alpha value is -1.29. The number of furan rings is 1. The number of esters is 1. The predicted molar refractivity (Wildman–Crippen MR) is 70.5 cm³/mol. The van der Waals surface area contributed by atoms with Crippen LogP contribution in [0.1, 0.15) is 50.1 Å². The fourth-order valence-corrected chi connectivity index (χ4v) is 1.89. The highest BCUT2D eigenvalue weighted by Crippen LogP contribution is 2.25. The highest BCUT2D eigenvalue weighted by molar-refractivity contribution is 5.86. The summed E-state index contributed by atoms with van der Waals surface area (Å²) in [6.45, 7) is 9.59. The van der Waals surface area contributed by atoms with Gasteiger partial charge in [0.15, 0.2) is 0 Å². The molecule has 0 aliphatic rings. The van der Waals surface area contributed by atoms with Gasteiger partial charge in [0.25, 0.3) is 0 Å². The van der Waals surface area contributed by atoms with Gasteiger partial charge in [-0.15, -0.1) is 0 Å². The maximum Gasteiger partial charge on any atom is 0.373 e. The largest absolute Gasteiger partial charge is 0.463 e. The van der Waals surface area contributed by atoms with Gasteiger partial charge in [0, 0.05) is 6.54 Å². The average Bonchev–Trinajstić information content (AvgIpc) is 2.73. The summed E-state index contributed by atoms with van der Waals surface area (Å²) in [5.41, 5.74) is 0.223. The minimum atomic E-state index is -0.438. The van der Waals surface area contributed by atoms with Gasteiger partial charge in [-0.25, -0.2) is 4.79 Å². The van der Waals surface area contributed by atoms with E-state index < -0.39 is 5.97 Å². The Morgan fingerprint density at radius 3 is 2.56 bits per heavy atom. The van der Waals surface area contributed by atoms with Crippen molar-refractivity contribution in [2.75, 3.05) is 20.7 Å². The van der Waals surface area contributed by atoms with Crippen LogP contribution in [-0.2, 0) is 4.74 Å². The van der Waals surface area contributed by atoms with Gasteiger partial charge in [0.1, 0.15) is 5.76 Å². The molecule has 0 saturated carbocycles. The molecule has 1 rings (SSSR count). The predicted octanol–water partition coefficient (Wildman–Crippen LogP) is 3.11. The fraction of sp³-hybridized carbons (Fsp3) is 0.643. The molecule has 0 radical (unpaired) electrons. The Kier molecular flexibility index (Phi) is 4.57. The molecule has 0 fully saturated rings. The maximum atomic E-state index is 11.3. The zero-order chi connectivity index (χ0) is 13.9. The molecule has 102 valence electrons. The SMILES string of the molecule is COC(=O)c1ccc(C(C)N(C)CC(C)(C)C)o1. The fourth-order valence-electron chi connectivity index (χ4n) is 1.89. The molecule has 1 aromatic heterocycles. The molecule has 0 spiro atoms. The number of carbonyl (C=O) groups excluding carboxylic acids is 1. The topological polar surface area (TPSA) is 42.7 Å². The second-order valence-electron chi connectivity index (χ2n) is 5.85. The molecule has 4 nitrogen and oxygen atoms in total. The van der Waals surface area contributed by atoms with Gasteiger partial charge in [0.05, 0.1) is 13.2 Å². The molecule has 18 heavy (non-hydrogen) atoms. The quantitative estimate of drug-likeness (QED) is 0.773. The van der Waals surface area contributed by atoms with E-state index in [-0.39, 0.29) is 17.2 Å². The van der Waals surface area contributed by atoms with Crippen molar-refractivity contribution >= 4 is 5.97 Å². The standard InChI is InChI=1S/C14H23NO3/c1-10(15(5)9-14(2,3)4)11-7-8-12(18-11)13(16)17-6/h7-8,10H,9H2,1-6H3. The number of nitrogens with zero attached hydrogens (tertiary/aromatic N) is 1. The first-order chi connectivity index (χ1) is 8.24. The lowest BCUT2D eigenvalue weighted by Gasteiger charge is -2.30. The van der Waals surface area contributed by atoms with Gasteiger partial charge < -0.3 is 9.15 Å². The monoisotopic (exact) mass is 253 g/mol. The van der Waals surface area contributed by atoms with Crippen molar-refractivity contribution in [1.29, 1.82) is 0 Å². The van der Waals surface area contributed by atoms with E-state index in [1.807, 2.05) is 6.07 Å². The Morgan fingerprint density at radius 1 is 1.44 bits per heavy atom. The molecule has 0 aliphatic heterocycles. The van der Waals surface area contributed by atoms with E-state index in [9.17, 15) is 4.79 Å². The van der Waals surface area contributed by atoms with Crippen LogP contribution in [0.3, 0.4) is 0 Å². The molecule has 1 heterocycles. The van der Waals surface area contributed by atoms with Crippen LogP contribution < -0.4 is 0 Å². The summed E-state index contributed by atoms with van der Waals surface area (Å²) >= 11 is 0. The van der Waals surface area contributed by atoms with E-state index in [4.69, 9.17) is 4.42 Å². The van der Waals surface area contributed by atoms with Crippen LogP contribution in [0.15, 0.2) is 16.5 Å². The molecule has 0 N–H and O–H groups in total. The zero-order valence-electron chi connectivity index (χ0n) is 12.1. The molecule has 0 aliphatic carbocycles. The van der Waals surface area contributed by atoms with Crippen molar-refractivity contribution in [3.05, 3.63) is 23.7 Å². The van der Waals surface area contributed by atoms with Crippen molar-refractivity contribution < 1.29 is 13.9 Å². The molecule has 0 aromatic carbocycles. The number of hydrogen-bond acceptors (Lipinski definition) is 4.